The quantitative estimate of drug-likeness (QED) is 0.274. The van der Waals surface area contributed by atoms with Crippen LogP contribution in [-0.2, 0) is 11.8 Å². The first-order valence-corrected chi connectivity index (χ1v) is 12.5. The first-order valence-electron chi connectivity index (χ1n) is 11.7. The molecule has 0 unspecified atom stereocenters. The van der Waals surface area contributed by atoms with E-state index in [4.69, 9.17) is 4.98 Å². The Morgan fingerprint density at radius 2 is 1.64 bits per heavy atom. The van der Waals surface area contributed by atoms with Gasteiger partial charge in [0.15, 0.2) is 0 Å². The summed E-state index contributed by atoms with van der Waals surface area (Å²) in [4.78, 5) is 10.8. The van der Waals surface area contributed by atoms with E-state index in [0.29, 0.717) is 5.92 Å². The van der Waals surface area contributed by atoms with Crippen molar-refractivity contribution in [3.8, 4) is 22.4 Å². The lowest BCUT2D eigenvalue weighted by molar-refractivity contribution is 0.596. The van der Waals surface area contributed by atoms with Crippen LogP contribution in [0.1, 0.15) is 45.1 Å². The fourth-order valence-electron chi connectivity index (χ4n) is 4.55. The molecular formula is C30H30N2S. The van der Waals surface area contributed by atoms with E-state index in [9.17, 15) is 0 Å². The van der Waals surface area contributed by atoms with Gasteiger partial charge in [0.05, 0.1) is 15.9 Å². The standard InChI is InChI=1S/C30H30N2S/c1-19(2)14-23-18-28-29(33-23)25(11-13-32-28)21-10-12-31-27(17-21)22-15-20-8-6-7-9-24(20)26(16-22)30(3,4)5/h6-13,15-19H,14H2,1-5H3. The molecular weight excluding hydrogens is 420 g/mol. The molecule has 0 aliphatic carbocycles. The molecule has 33 heavy (non-hydrogen) atoms. The molecule has 0 atom stereocenters. The second-order valence-corrected chi connectivity index (χ2v) is 11.4. The number of benzene rings is 2. The summed E-state index contributed by atoms with van der Waals surface area (Å²) in [6.07, 6.45) is 4.96. The van der Waals surface area contributed by atoms with Crippen molar-refractivity contribution >= 4 is 32.3 Å². The third kappa shape index (κ3) is 4.30. The zero-order chi connectivity index (χ0) is 23.2. The third-order valence-corrected chi connectivity index (χ3v) is 7.29. The normalized spacial score (nSPS) is 12.2. The van der Waals surface area contributed by atoms with Gasteiger partial charge in [0, 0.05) is 28.4 Å². The second kappa shape index (κ2) is 8.39. The van der Waals surface area contributed by atoms with Crippen molar-refractivity contribution in [1.82, 2.24) is 9.97 Å². The van der Waals surface area contributed by atoms with E-state index in [-0.39, 0.29) is 5.41 Å². The molecule has 0 bridgehead atoms. The Morgan fingerprint density at radius 1 is 0.848 bits per heavy atom. The van der Waals surface area contributed by atoms with Gasteiger partial charge < -0.3 is 0 Å². The summed E-state index contributed by atoms with van der Waals surface area (Å²) in [5.74, 6) is 0.638. The summed E-state index contributed by atoms with van der Waals surface area (Å²) in [5.41, 5.74) is 7.09. The fourth-order valence-corrected chi connectivity index (χ4v) is 5.91. The minimum absolute atomic E-state index is 0.0499. The molecule has 0 aliphatic heterocycles. The number of nitrogens with zero attached hydrogens (tertiary/aromatic N) is 2. The molecule has 0 saturated heterocycles. The van der Waals surface area contributed by atoms with Gasteiger partial charge in [-0.15, -0.1) is 11.3 Å². The van der Waals surface area contributed by atoms with Gasteiger partial charge in [-0.1, -0.05) is 58.9 Å². The number of rotatable bonds is 4. The SMILES string of the molecule is CC(C)Cc1cc2nccc(-c3ccnc(-c4cc(C(C)(C)C)c5ccccc5c4)c3)c2s1. The zero-order valence-electron chi connectivity index (χ0n) is 20.0. The Morgan fingerprint density at radius 3 is 2.42 bits per heavy atom. The molecule has 0 saturated carbocycles. The Balaban J connectivity index is 1.64. The van der Waals surface area contributed by atoms with Crippen LogP contribution in [0.25, 0.3) is 43.4 Å². The average Bonchev–Trinajstić information content (AvgIpc) is 3.19. The van der Waals surface area contributed by atoms with Gasteiger partial charge >= 0.3 is 0 Å². The molecule has 0 fully saturated rings. The molecule has 5 rings (SSSR count). The number of fused-ring (bicyclic) bond motifs is 2. The smallest absolute Gasteiger partial charge is 0.0818 e. The van der Waals surface area contributed by atoms with Gasteiger partial charge in [-0.25, -0.2) is 0 Å². The molecule has 166 valence electrons. The molecule has 0 radical (unpaired) electrons. The van der Waals surface area contributed by atoms with E-state index < -0.39 is 0 Å². The Hall–Kier alpha value is -3.04. The molecule has 0 spiro atoms. The van der Waals surface area contributed by atoms with Gasteiger partial charge in [0.1, 0.15) is 0 Å². The molecule has 0 amide bonds. The second-order valence-electron chi connectivity index (χ2n) is 10.3. The highest BCUT2D eigenvalue weighted by Gasteiger charge is 2.19. The molecule has 3 aromatic heterocycles. The lowest BCUT2D eigenvalue weighted by atomic mass is 9.82. The van der Waals surface area contributed by atoms with Crippen LogP contribution in [0.4, 0.5) is 0 Å². The predicted molar refractivity (Wildman–Crippen MR) is 143 cm³/mol. The Bertz CT molecular complexity index is 1450. The molecule has 3 heteroatoms. The summed E-state index contributed by atoms with van der Waals surface area (Å²) < 4.78 is 1.26. The van der Waals surface area contributed by atoms with Crippen LogP contribution in [-0.4, -0.2) is 9.97 Å². The molecule has 0 aliphatic rings. The van der Waals surface area contributed by atoms with Gasteiger partial charge in [-0.05, 0) is 76.1 Å². The number of hydrogen-bond donors (Lipinski definition) is 0. The highest BCUT2D eigenvalue weighted by Crippen LogP contribution is 2.37. The monoisotopic (exact) mass is 450 g/mol. The highest BCUT2D eigenvalue weighted by molar-refractivity contribution is 7.19. The van der Waals surface area contributed by atoms with E-state index in [1.54, 1.807) is 0 Å². The molecule has 2 nitrogen and oxygen atoms in total. The average molecular weight is 451 g/mol. The van der Waals surface area contributed by atoms with E-state index >= 15 is 0 Å². The van der Waals surface area contributed by atoms with E-state index in [2.05, 4.69) is 100 Å². The number of hydrogen-bond acceptors (Lipinski definition) is 3. The lowest BCUT2D eigenvalue weighted by Crippen LogP contribution is -2.12. The number of pyridine rings is 2. The summed E-state index contributed by atoms with van der Waals surface area (Å²) in [6.45, 7) is 11.4. The first-order chi connectivity index (χ1) is 15.8. The van der Waals surface area contributed by atoms with E-state index in [0.717, 1.165) is 23.2 Å². The largest absolute Gasteiger partial charge is 0.256 e. The van der Waals surface area contributed by atoms with Crippen LogP contribution >= 0.6 is 11.3 Å². The van der Waals surface area contributed by atoms with Crippen molar-refractivity contribution < 1.29 is 0 Å². The summed E-state index contributed by atoms with van der Waals surface area (Å²) in [6, 6.07) is 22.0. The first kappa shape index (κ1) is 21.8. The maximum Gasteiger partial charge on any atom is 0.0818 e. The van der Waals surface area contributed by atoms with Crippen LogP contribution in [0, 0.1) is 5.92 Å². The van der Waals surface area contributed by atoms with Crippen molar-refractivity contribution in [2.75, 3.05) is 0 Å². The van der Waals surface area contributed by atoms with Crippen molar-refractivity contribution in [3.63, 3.8) is 0 Å². The lowest BCUT2D eigenvalue weighted by Gasteiger charge is -2.22. The van der Waals surface area contributed by atoms with Crippen molar-refractivity contribution in [1.29, 1.82) is 0 Å². The zero-order valence-corrected chi connectivity index (χ0v) is 20.8. The van der Waals surface area contributed by atoms with Gasteiger partial charge in [-0.3, -0.25) is 9.97 Å². The van der Waals surface area contributed by atoms with Gasteiger partial charge in [0.25, 0.3) is 0 Å². The fraction of sp³-hybridized carbons (Fsp3) is 0.267. The van der Waals surface area contributed by atoms with E-state index in [1.807, 2.05) is 23.7 Å². The van der Waals surface area contributed by atoms with Gasteiger partial charge in [-0.2, -0.15) is 0 Å². The van der Waals surface area contributed by atoms with Crippen molar-refractivity contribution in [2.45, 2.75) is 46.5 Å². The van der Waals surface area contributed by atoms with Crippen LogP contribution in [0.15, 0.2) is 73.1 Å². The minimum atomic E-state index is 0.0499. The van der Waals surface area contributed by atoms with Crippen LogP contribution in [0.2, 0.25) is 0 Å². The highest BCUT2D eigenvalue weighted by atomic mass is 32.1. The minimum Gasteiger partial charge on any atom is -0.256 e. The maximum absolute atomic E-state index is 4.78. The number of thiophene rings is 1. The summed E-state index contributed by atoms with van der Waals surface area (Å²) >= 11 is 1.87. The van der Waals surface area contributed by atoms with Crippen LogP contribution in [0.5, 0.6) is 0 Å². The third-order valence-electron chi connectivity index (χ3n) is 6.11. The Kier molecular flexibility index (Phi) is 5.54. The maximum atomic E-state index is 4.78. The molecule has 5 aromatic rings. The number of aromatic nitrogens is 2. The molecule has 2 aromatic carbocycles. The molecule has 3 heterocycles. The summed E-state index contributed by atoms with van der Waals surface area (Å²) in [5, 5.41) is 2.58. The van der Waals surface area contributed by atoms with Crippen molar-refractivity contribution in [2.24, 2.45) is 5.92 Å². The van der Waals surface area contributed by atoms with Crippen molar-refractivity contribution in [3.05, 3.63) is 83.5 Å². The molecule has 0 N–H and O–H groups in total. The van der Waals surface area contributed by atoms with E-state index in [1.165, 1.54) is 37.0 Å². The topological polar surface area (TPSA) is 25.8 Å². The summed E-state index contributed by atoms with van der Waals surface area (Å²) in [7, 11) is 0. The van der Waals surface area contributed by atoms with Crippen LogP contribution < -0.4 is 0 Å². The predicted octanol–water partition coefficient (Wildman–Crippen LogP) is 8.67. The Labute approximate surface area is 200 Å². The van der Waals surface area contributed by atoms with Gasteiger partial charge in [0.2, 0.25) is 0 Å². The van der Waals surface area contributed by atoms with Crippen LogP contribution in [0.3, 0.4) is 0 Å².